The van der Waals surface area contributed by atoms with Gasteiger partial charge in [-0.05, 0) is 6.92 Å². The van der Waals surface area contributed by atoms with E-state index in [4.69, 9.17) is 5.73 Å². The number of anilines is 1. The van der Waals surface area contributed by atoms with Crippen LogP contribution in [0.1, 0.15) is 17.2 Å². The minimum atomic E-state index is -1.22. The van der Waals surface area contributed by atoms with Crippen LogP contribution in [0.2, 0.25) is 0 Å². The Morgan fingerprint density at radius 1 is 1.50 bits per heavy atom. The third-order valence-electron chi connectivity index (χ3n) is 4.66. The highest BCUT2D eigenvalue weighted by Gasteiger charge is 2.54. The molecule has 2 aliphatic rings. The number of hydrogen-bond acceptors (Lipinski definition) is 11. The van der Waals surface area contributed by atoms with Gasteiger partial charge in [0, 0.05) is 33.7 Å². The van der Waals surface area contributed by atoms with E-state index in [1.807, 2.05) is 6.92 Å². The van der Waals surface area contributed by atoms with Crippen molar-refractivity contribution in [1.29, 1.82) is 0 Å². The Morgan fingerprint density at radius 3 is 2.88 bits per heavy atom. The summed E-state index contributed by atoms with van der Waals surface area (Å²) in [6.07, 6.45) is 1.68. The number of aryl methyl sites for hydroxylation is 1. The average Bonchev–Trinajstić information content (AvgIpc) is 3.38. The molecule has 12 nitrogen and oxygen atoms in total. The molecule has 1 fully saturated rings. The predicted molar refractivity (Wildman–Crippen MR) is 119 cm³/mol. The van der Waals surface area contributed by atoms with Crippen molar-refractivity contribution >= 4 is 63.5 Å². The number of amides is 2. The molecule has 6 N–H and O–H groups in total. The number of aliphatic carboxylic acids is 1. The quantitative estimate of drug-likeness (QED) is 0.157. The van der Waals surface area contributed by atoms with Gasteiger partial charge in [-0.15, -0.1) is 34.9 Å². The maximum atomic E-state index is 12.8. The van der Waals surface area contributed by atoms with Gasteiger partial charge in [0.05, 0.1) is 0 Å². The predicted octanol–water partition coefficient (Wildman–Crippen LogP) is 0.565. The molecule has 2 amide bonds. The number of thiazole rings is 1. The van der Waals surface area contributed by atoms with Gasteiger partial charge in [-0.3, -0.25) is 14.5 Å². The van der Waals surface area contributed by atoms with Crippen molar-refractivity contribution in [3.63, 3.8) is 0 Å². The summed E-state index contributed by atoms with van der Waals surface area (Å²) in [5, 5.41) is 25.5. The number of imidazole rings is 1. The highest BCUT2D eigenvalue weighted by molar-refractivity contribution is 8.05. The lowest BCUT2D eigenvalue weighted by molar-refractivity contribution is -0.150. The normalized spacial score (nSPS) is 20.7. The number of H-pyrrole nitrogens is 1. The van der Waals surface area contributed by atoms with E-state index in [0.717, 1.165) is 22.9 Å². The molecule has 0 unspecified atom stereocenters. The topological polar surface area (TPSA) is 187 Å². The summed E-state index contributed by atoms with van der Waals surface area (Å²) in [6.45, 7) is 1.82. The summed E-state index contributed by atoms with van der Waals surface area (Å²) in [5.41, 5.74) is 5.99. The van der Waals surface area contributed by atoms with Crippen molar-refractivity contribution < 1.29 is 24.7 Å². The molecule has 168 valence electrons. The van der Waals surface area contributed by atoms with Gasteiger partial charge in [-0.25, -0.2) is 14.8 Å². The third-order valence-corrected chi connectivity index (χ3v) is 7.94. The zero-order valence-corrected chi connectivity index (χ0v) is 18.9. The fourth-order valence-corrected chi connectivity index (χ4v) is 6.31. The second-order valence-corrected chi connectivity index (χ2v) is 9.80. The number of nitrogen functional groups attached to an aromatic ring is 1. The molecule has 0 aromatic carbocycles. The van der Waals surface area contributed by atoms with Crippen molar-refractivity contribution in [1.82, 2.24) is 25.2 Å². The minimum Gasteiger partial charge on any atom is -0.477 e. The molecule has 0 bridgehead atoms. The molecule has 2 aromatic rings. The maximum absolute atomic E-state index is 12.8. The summed E-state index contributed by atoms with van der Waals surface area (Å²) >= 11 is 3.73. The van der Waals surface area contributed by atoms with Gasteiger partial charge < -0.3 is 26.3 Å². The summed E-state index contributed by atoms with van der Waals surface area (Å²) in [6, 6.07) is -0.962. The summed E-state index contributed by atoms with van der Waals surface area (Å²) in [7, 11) is 0. The number of aromatic amines is 1. The first kappa shape index (κ1) is 22.2. The number of carbonyl (C=O) groups excluding carboxylic acids is 2. The van der Waals surface area contributed by atoms with Crippen LogP contribution in [-0.4, -0.2) is 70.8 Å². The molecule has 0 spiro atoms. The zero-order chi connectivity index (χ0) is 23.0. The maximum Gasteiger partial charge on any atom is 0.353 e. The van der Waals surface area contributed by atoms with E-state index >= 15 is 0 Å². The summed E-state index contributed by atoms with van der Waals surface area (Å²) in [5.74, 6) is -0.983. The van der Waals surface area contributed by atoms with Gasteiger partial charge in [0.2, 0.25) is 0 Å². The molecule has 0 radical (unpaired) electrons. The first-order valence-corrected chi connectivity index (χ1v) is 12.0. The Kier molecular flexibility index (Phi) is 6.12. The van der Waals surface area contributed by atoms with Crippen LogP contribution in [0.3, 0.4) is 0 Å². The van der Waals surface area contributed by atoms with E-state index in [2.05, 4.69) is 25.4 Å². The van der Waals surface area contributed by atoms with Crippen molar-refractivity contribution in [3.8, 4) is 0 Å². The molecule has 2 aromatic heterocycles. The Labute approximate surface area is 193 Å². The number of nitrogens with two attached hydrogens (primary N) is 1. The fraction of sp³-hybridized carbons (Fsp3) is 0.294. The van der Waals surface area contributed by atoms with Crippen LogP contribution in [0.15, 0.2) is 27.3 Å². The first-order chi connectivity index (χ1) is 15.3. The van der Waals surface area contributed by atoms with Crippen LogP contribution < -0.4 is 11.1 Å². The Balaban J connectivity index is 1.48. The van der Waals surface area contributed by atoms with Crippen LogP contribution in [0.25, 0.3) is 0 Å². The van der Waals surface area contributed by atoms with Crippen LogP contribution in [-0.2, 0) is 20.1 Å². The summed E-state index contributed by atoms with van der Waals surface area (Å²) in [4.78, 5) is 50.1. The number of β-lactam (4-membered cyclic amide) rings is 1. The van der Waals surface area contributed by atoms with Gasteiger partial charge in [0.25, 0.3) is 11.8 Å². The smallest absolute Gasteiger partial charge is 0.353 e. The number of nitrogens with zero attached hydrogens (tertiary/aromatic N) is 4. The first-order valence-electron chi connectivity index (χ1n) is 9.08. The van der Waals surface area contributed by atoms with E-state index < -0.39 is 29.2 Å². The van der Waals surface area contributed by atoms with Crippen LogP contribution in [0, 0.1) is 6.92 Å². The number of oxime groups is 1. The van der Waals surface area contributed by atoms with E-state index in [1.54, 1.807) is 6.20 Å². The number of fused-ring (bicyclic) bond motifs is 1. The number of carboxylic acid groups (broad SMARTS) is 1. The Bertz CT molecular complexity index is 1160. The summed E-state index contributed by atoms with van der Waals surface area (Å²) < 4.78 is 0. The van der Waals surface area contributed by atoms with E-state index in [-0.39, 0.29) is 22.2 Å². The Hall–Kier alpha value is -3.04. The second kappa shape index (κ2) is 8.84. The van der Waals surface area contributed by atoms with Gasteiger partial charge in [-0.1, -0.05) is 5.16 Å². The molecule has 2 atom stereocenters. The van der Waals surface area contributed by atoms with Crippen molar-refractivity contribution in [2.45, 2.75) is 24.1 Å². The van der Waals surface area contributed by atoms with Crippen molar-refractivity contribution in [3.05, 3.63) is 39.4 Å². The second-order valence-electron chi connectivity index (χ2n) is 6.74. The largest absolute Gasteiger partial charge is 0.477 e. The van der Waals surface area contributed by atoms with E-state index in [1.165, 1.54) is 33.8 Å². The highest BCUT2D eigenvalue weighted by Crippen LogP contribution is 2.44. The number of thioether (sulfide) groups is 2. The highest BCUT2D eigenvalue weighted by atomic mass is 32.2. The molecular weight excluding hydrogens is 478 g/mol. The zero-order valence-electron chi connectivity index (χ0n) is 16.4. The number of carbonyl (C=O) groups is 3. The number of carboxylic acids is 1. The van der Waals surface area contributed by atoms with Gasteiger partial charge in [-0.2, -0.15) is 0 Å². The van der Waals surface area contributed by atoms with Crippen LogP contribution in [0.5, 0.6) is 0 Å². The fourth-order valence-electron chi connectivity index (χ4n) is 3.23. The number of aromatic nitrogens is 3. The lowest BCUT2D eigenvalue weighted by Gasteiger charge is -2.49. The van der Waals surface area contributed by atoms with Crippen LogP contribution >= 0.6 is 34.9 Å². The SMILES string of the molecule is Cc1ncc(CSC2=C(C(=O)O)N3C(=O)[C@@H](NC(=O)/C(=N\O)c4csc(N)n4)[C@@H]3SC2)[nH]1. The lowest BCUT2D eigenvalue weighted by Crippen LogP contribution is -2.71. The van der Waals surface area contributed by atoms with Crippen molar-refractivity contribution in [2.75, 3.05) is 11.5 Å². The van der Waals surface area contributed by atoms with Crippen molar-refractivity contribution in [2.24, 2.45) is 5.16 Å². The van der Waals surface area contributed by atoms with E-state index in [9.17, 15) is 24.7 Å². The molecule has 32 heavy (non-hydrogen) atoms. The molecule has 1 saturated heterocycles. The Morgan fingerprint density at radius 2 is 2.28 bits per heavy atom. The average molecular weight is 496 g/mol. The minimum absolute atomic E-state index is 0.0753. The number of rotatable bonds is 7. The van der Waals surface area contributed by atoms with Crippen LogP contribution in [0.4, 0.5) is 5.13 Å². The molecular formula is C17H17N7O5S3. The molecule has 4 rings (SSSR count). The molecule has 0 aliphatic carbocycles. The monoisotopic (exact) mass is 495 g/mol. The van der Waals surface area contributed by atoms with Gasteiger partial charge >= 0.3 is 5.97 Å². The lowest BCUT2D eigenvalue weighted by atomic mass is 10.0. The number of hydrogen-bond donors (Lipinski definition) is 5. The molecule has 4 heterocycles. The van der Waals surface area contributed by atoms with E-state index in [0.29, 0.717) is 16.4 Å². The van der Waals surface area contributed by atoms with Gasteiger partial charge in [0.15, 0.2) is 10.8 Å². The van der Waals surface area contributed by atoms with Gasteiger partial charge in [0.1, 0.15) is 28.6 Å². The number of nitrogens with one attached hydrogen (secondary N) is 2. The standard InChI is InChI=1S/C17H17N7O5S3/c1-6-19-2-7(20-6)3-30-9-5-31-15-11(14(26)24(15)12(9)16(27)28)22-13(25)10(23-29)8-4-32-17(18)21-8/h2,4,11,15,29H,3,5H2,1H3,(H2,18,21)(H,19,20)(H,22,25)(H,27,28)/b23-10-/t11-,15+/m1/s1. The molecule has 0 saturated carbocycles. The molecule has 15 heteroatoms. The third kappa shape index (κ3) is 4.05. The molecule has 2 aliphatic heterocycles.